The molecule has 0 aromatic heterocycles. The van der Waals surface area contributed by atoms with Gasteiger partial charge in [0, 0.05) is 6.54 Å². The molecular weight excluding hydrogens is 310 g/mol. The van der Waals surface area contributed by atoms with Gasteiger partial charge in [-0.15, -0.1) is 0 Å². The van der Waals surface area contributed by atoms with Gasteiger partial charge in [0.2, 0.25) is 0 Å². The highest BCUT2D eigenvalue weighted by atomic mass is 16.5. The summed E-state index contributed by atoms with van der Waals surface area (Å²) in [6.07, 6.45) is 1.38. The van der Waals surface area contributed by atoms with Crippen LogP contribution in [0, 0.1) is 27.7 Å². The van der Waals surface area contributed by atoms with Gasteiger partial charge >= 0.3 is 0 Å². The summed E-state index contributed by atoms with van der Waals surface area (Å²) in [6, 6.07) is 12.6. The molecule has 0 aliphatic carbocycles. The number of amides is 1. The van der Waals surface area contributed by atoms with Crippen LogP contribution in [-0.2, 0) is 11.2 Å². The Hall–Kier alpha value is -2.29. The van der Waals surface area contributed by atoms with Crippen molar-refractivity contribution < 1.29 is 9.53 Å². The molecule has 0 saturated carbocycles. The molecule has 25 heavy (non-hydrogen) atoms. The Morgan fingerprint density at radius 1 is 1.04 bits per heavy atom. The van der Waals surface area contributed by atoms with Crippen LogP contribution in [0.2, 0.25) is 0 Å². The monoisotopic (exact) mass is 339 g/mol. The van der Waals surface area contributed by atoms with Crippen LogP contribution in [0.5, 0.6) is 5.75 Å². The van der Waals surface area contributed by atoms with Gasteiger partial charge in [0.15, 0.2) is 6.10 Å². The lowest BCUT2D eigenvalue weighted by Gasteiger charge is -2.18. The van der Waals surface area contributed by atoms with Crippen molar-refractivity contribution in [2.45, 2.75) is 53.6 Å². The van der Waals surface area contributed by atoms with E-state index in [0.717, 1.165) is 29.7 Å². The molecule has 2 aromatic rings. The average Bonchev–Trinajstić information content (AvgIpc) is 2.57. The molecule has 0 spiro atoms. The second-order valence-electron chi connectivity index (χ2n) is 6.85. The lowest BCUT2D eigenvalue weighted by molar-refractivity contribution is -0.127. The molecule has 0 aliphatic heterocycles. The molecule has 134 valence electrons. The molecule has 1 N–H and O–H groups in total. The summed E-state index contributed by atoms with van der Waals surface area (Å²) in [5, 5.41) is 2.97. The molecular formula is C22H29NO2. The van der Waals surface area contributed by atoms with Gasteiger partial charge in [0.05, 0.1) is 0 Å². The summed E-state index contributed by atoms with van der Waals surface area (Å²) >= 11 is 0. The topological polar surface area (TPSA) is 38.3 Å². The van der Waals surface area contributed by atoms with E-state index in [1.807, 2.05) is 19.9 Å². The molecule has 0 unspecified atom stereocenters. The van der Waals surface area contributed by atoms with Gasteiger partial charge in [-0.1, -0.05) is 35.9 Å². The van der Waals surface area contributed by atoms with Crippen molar-refractivity contribution in [2.24, 2.45) is 0 Å². The zero-order valence-electron chi connectivity index (χ0n) is 16.0. The Morgan fingerprint density at radius 3 is 2.40 bits per heavy atom. The van der Waals surface area contributed by atoms with E-state index >= 15 is 0 Å². The maximum atomic E-state index is 12.2. The first kappa shape index (κ1) is 19.0. The first-order chi connectivity index (χ1) is 11.9. The summed E-state index contributed by atoms with van der Waals surface area (Å²) in [6.45, 7) is 10.7. The SMILES string of the molecule is Cc1ccc(CCCNC(=O)[C@H](C)Oc2cc(C)cc(C)c2C)cc1. The third-order valence-corrected chi connectivity index (χ3v) is 4.50. The maximum absolute atomic E-state index is 12.2. The van der Waals surface area contributed by atoms with E-state index < -0.39 is 6.10 Å². The molecule has 0 saturated heterocycles. The summed E-state index contributed by atoms with van der Waals surface area (Å²) in [5.41, 5.74) is 5.98. The van der Waals surface area contributed by atoms with Crippen molar-refractivity contribution in [3.63, 3.8) is 0 Å². The number of ether oxygens (including phenoxy) is 1. The highest BCUT2D eigenvalue weighted by Gasteiger charge is 2.16. The zero-order valence-corrected chi connectivity index (χ0v) is 16.0. The maximum Gasteiger partial charge on any atom is 0.260 e. The summed E-state index contributed by atoms with van der Waals surface area (Å²) in [7, 11) is 0. The van der Waals surface area contributed by atoms with Crippen LogP contribution in [0.25, 0.3) is 0 Å². The van der Waals surface area contributed by atoms with Crippen molar-refractivity contribution in [3.05, 3.63) is 64.2 Å². The smallest absolute Gasteiger partial charge is 0.260 e. The van der Waals surface area contributed by atoms with Crippen LogP contribution in [0.15, 0.2) is 36.4 Å². The predicted molar refractivity (Wildman–Crippen MR) is 103 cm³/mol. The van der Waals surface area contributed by atoms with Gasteiger partial charge < -0.3 is 10.1 Å². The van der Waals surface area contributed by atoms with Gasteiger partial charge in [0.1, 0.15) is 5.75 Å². The summed E-state index contributed by atoms with van der Waals surface area (Å²) in [5.74, 6) is 0.724. The fraction of sp³-hybridized carbons (Fsp3) is 0.409. The Labute approximate surface area is 151 Å². The van der Waals surface area contributed by atoms with Gasteiger partial charge in [-0.25, -0.2) is 0 Å². The minimum atomic E-state index is -0.501. The van der Waals surface area contributed by atoms with E-state index in [-0.39, 0.29) is 5.91 Å². The Bertz CT molecular complexity index is 720. The predicted octanol–water partition coefficient (Wildman–Crippen LogP) is 4.44. The van der Waals surface area contributed by atoms with E-state index in [1.165, 1.54) is 16.7 Å². The highest BCUT2D eigenvalue weighted by Crippen LogP contribution is 2.24. The van der Waals surface area contributed by atoms with Gasteiger partial charge in [0.25, 0.3) is 5.91 Å². The number of carbonyl (C=O) groups excluding carboxylic acids is 1. The highest BCUT2D eigenvalue weighted by molar-refractivity contribution is 5.80. The molecule has 0 heterocycles. The minimum absolute atomic E-state index is 0.0672. The van der Waals surface area contributed by atoms with Crippen LogP contribution in [-0.4, -0.2) is 18.6 Å². The van der Waals surface area contributed by atoms with Crippen LogP contribution >= 0.6 is 0 Å². The van der Waals surface area contributed by atoms with Crippen molar-refractivity contribution in [3.8, 4) is 5.75 Å². The minimum Gasteiger partial charge on any atom is -0.481 e. The fourth-order valence-electron chi connectivity index (χ4n) is 2.77. The first-order valence-electron chi connectivity index (χ1n) is 8.94. The lowest BCUT2D eigenvalue weighted by atomic mass is 10.1. The van der Waals surface area contributed by atoms with Crippen LogP contribution in [0.1, 0.15) is 41.2 Å². The molecule has 2 rings (SSSR count). The molecule has 2 aromatic carbocycles. The zero-order chi connectivity index (χ0) is 18.4. The molecule has 0 radical (unpaired) electrons. The van der Waals surface area contributed by atoms with E-state index in [1.54, 1.807) is 6.92 Å². The first-order valence-corrected chi connectivity index (χ1v) is 8.94. The van der Waals surface area contributed by atoms with Crippen molar-refractivity contribution >= 4 is 5.91 Å². The van der Waals surface area contributed by atoms with E-state index in [2.05, 4.69) is 49.5 Å². The standard InChI is InChI=1S/C22H29NO2/c1-15-8-10-20(11-9-15)7-6-12-23-22(24)19(5)25-21-14-16(2)13-17(3)18(21)4/h8-11,13-14,19H,6-7,12H2,1-5H3,(H,23,24)/t19-/m0/s1. The van der Waals surface area contributed by atoms with Crippen LogP contribution < -0.4 is 10.1 Å². The number of aryl methyl sites for hydroxylation is 4. The van der Waals surface area contributed by atoms with Crippen molar-refractivity contribution in [2.75, 3.05) is 6.54 Å². The van der Waals surface area contributed by atoms with E-state index in [4.69, 9.17) is 4.74 Å². The second kappa shape index (κ2) is 8.70. The lowest BCUT2D eigenvalue weighted by Crippen LogP contribution is -2.37. The van der Waals surface area contributed by atoms with Crippen molar-refractivity contribution in [1.82, 2.24) is 5.32 Å². The molecule has 0 aliphatic rings. The third-order valence-electron chi connectivity index (χ3n) is 4.50. The van der Waals surface area contributed by atoms with Crippen LogP contribution in [0.3, 0.4) is 0 Å². The Morgan fingerprint density at radius 2 is 1.72 bits per heavy atom. The molecule has 0 bridgehead atoms. The van der Waals surface area contributed by atoms with E-state index in [0.29, 0.717) is 6.54 Å². The molecule has 3 nitrogen and oxygen atoms in total. The average molecular weight is 339 g/mol. The normalized spacial score (nSPS) is 11.9. The number of carbonyl (C=O) groups is 1. The molecule has 3 heteroatoms. The van der Waals surface area contributed by atoms with Gasteiger partial charge in [-0.2, -0.15) is 0 Å². The third kappa shape index (κ3) is 5.63. The van der Waals surface area contributed by atoms with E-state index in [9.17, 15) is 4.79 Å². The summed E-state index contributed by atoms with van der Waals surface area (Å²) < 4.78 is 5.89. The summed E-state index contributed by atoms with van der Waals surface area (Å²) in [4.78, 5) is 12.2. The van der Waals surface area contributed by atoms with Gasteiger partial charge in [-0.3, -0.25) is 4.79 Å². The second-order valence-corrected chi connectivity index (χ2v) is 6.85. The van der Waals surface area contributed by atoms with Crippen molar-refractivity contribution in [1.29, 1.82) is 0 Å². The van der Waals surface area contributed by atoms with Gasteiger partial charge in [-0.05, 0) is 75.8 Å². The Kier molecular flexibility index (Phi) is 6.63. The number of benzene rings is 2. The number of hydrogen-bond donors (Lipinski definition) is 1. The van der Waals surface area contributed by atoms with Crippen LogP contribution in [0.4, 0.5) is 0 Å². The quantitative estimate of drug-likeness (QED) is 0.758. The number of rotatable bonds is 7. The number of hydrogen-bond acceptors (Lipinski definition) is 2. The number of nitrogens with one attached hydrogen (secondary N) is 1. The fourth-order valence-corrected chi connectivity index (χ4v) is 2.77. The molecule has 0 fully saturated rings. The molecule has 1 amide bonds. The Balaban J connectivity index is 1.79. The largest absolute Gasteiger partial charge is 0.481 e. The molecule has 1 atom stereocenters.